The SMILES string of the molecule is C#CCOC1CC(=O)N1CC(=O)OC(C)(C)C. The largest absolute Gasteiger partial charge is 0.459 e. The second kappa shape index (κ2) is 5.19. The number of hydrogen-bond donors (Lipinski definition) is 0. The average Bonchev–Trinajstić information content (AvgIpc) is 2.18. The lowest BCUT2D eigenvalue weighted by molar-refractivity contribution is -0.182. The fourth-order valence-electron chi connectivity index (χ4n) is 1.42. The molecule has 1 heterocycles. The third-order valence-corrected chi connectivity index (χ3v) is 2.10. The van der Waals surface area contributed by atoms with Crippen molar-refractivity contribution >= 4 is 11.9 Å². The first-order valence-electron chi connectivity index (χ1n) is 5.40. The van der Waals surface area contributed by atoms with E-state index < -0.39 is 17.8 Å². The molecular formula is C12H17NO4. The molecule has 1 unspecified atom stereocenters. The van der Waals surface area contributed by atoms with Crippen LogP contribution in [-0.2, 0) is 19.1 Å². The van der Waals surface area contributed by atoms with E-state index in [1.54, 1.807) is 20.8 Å². The van der Waals surface area contributed by atoms with E-state index in [9.17, 15) is 9.59 Å². The number of ether oxygens (including phenoxy) is 2. The van der Waals surface area contributed by atoms with Gasteiger partial charge in [-0.15, -0.1) is 6.42 Å². The zero-order valence-electron chi connectivity index (χ0n) is 10.4. The van der Waals surface area contributed by atoms with E-state index in [1.165, 1.54) is 4.90 Å². The van der Waals surface area contributed by atoms with Crippen LogP contribution < -0.4 is 0 Å². The molecule has 0 aromatic rings. The molecule has 0 bridgehead atoms. The maximum atomic E-state index is 11.5. The Morgan fingerprint density at radius 3 is 2.71 bits per heavy atom. The Labute approximate surface area is 101 Å². The molecule has 1 aliphatic heterocycles. The van der Waals surface area contributed by atoms with E-state index in [4.69, 9.17) is 15.9 Å². The fraction of sp³-hybridized carbons (Fsp3) is 0.667. The lowest BCUT2D eigenvalue weighted by atomic mass is 10.1. The van der Waals surface area contributed by atoms with Gasteiger partial charge in [-0.3, -0.25) is 9.59 Å². The smallest absolute Gasteiger partial charge is 0.326 e. The van der Waals surface area contributed by atoms with E-state index in [0.717, 1.165) is 0 Å². The van der Waals surface area contributed by atoms with Crippen LogP contribution >= 0.6 is 0 Å². The third kappa shape index (κ3) is 4.08. The van der Waals surface area contributed by atoms with Crippen molar-refractivity contribution in [1.82, 2.24) is 4.90 Å². The van der Waals surface area contributed by atoms with Gasteiger partial charge in [0.15, 0.2) is 0 Å². The Hall–Kier alpha value is -1.54. The number of esters is 1. The molecule has 0 saturated carbocycles. The summed E-state index contributed by atoms with van der Waals surface area (Å²) in [6.07, 6.45) is 4.92. The first-order valence-corrected chi connectivity index (χ1v) is 5.40. The molecule has 5 heteroatoms. The van der Waals surface area contributed by atoms with Crippen LogP contribution in [0.5, 0.6) is 0 Å². The summed E-state index contributed by atoms with van der Waals surface area (Å²) in [6, 6.07) is 0. The summed E-state index contributed by atoms with van der Waals surface area (Å²) in [4.78, 5) is 24.1. The highest BCUT2D eigenvalue weighted by molar-refractivity contribution is 5.87. The van der Waals surface area contributed by atoms with Crippen LogP contribution in [0.2, 0.25) is 0 Å². The monoisotopic (exact) mass is 239 g/mol. The van der Waals surface area contributed by atoms with E-state index in [2.05, 4.69) is 5.92 Å². The minimum absolute atomic E-state index is 0.0919. The molecule has 17 heavy (non-hydrogen) atoms. The van der Waals surface area contributed by atoms with Crippen molar-refractivity contribution in [3.05, 3.63) is 0 Å². The van der Waals surface area contributed by atoms with Crippen LogP contribution in [-0.4, -0.2) is 41.8 Å². The van der Waals surface area contributed by atoms with Crippen molar-refractivity contribution in [3.8, 4) is 12.3 Å². The number of carbonyl (C=O) groups excluding carboxylic acids is 2. The Morgan fingerprint density at radius 1 is 1.59 bits per heavy atom. The summed E-state index contributed by atoms with van der Waals surface area (Å²) in [7, 11) is 0. The van der Waals surface area contributed by atoms with Gasteiger partial charge >= 0.3 is 5.97 Å². The predicted molar refractivity (Wildman–Crippen MR) is 60.7 cm³/mol. The van der Waals surface area contributed by atoms with Crippen molar-refractivity contribution < 1.29 is 19.1 Å². The summed E-state index contributed by atoms with van der Waals surface area (Å²) < 4.78 is 10.3. The zero-order chi connectivity index (χ0) is 13.1. The number of hydrogen-bond acceptors (Lipinski definition) is 4. The highest BCUT2D eigenvalue weighted by Gasteiger charge is 2.38. The van der Waals surface area contributed by atoms with Crippen LogP contribution in [0, 0.1) is 12.3 Å². The van der Waals surface area contributed by atoms with Crippen molar-refractivity contribution in [2.45, 2.75) is 39.0 Å². The number of rotatable bonds is 4. The van der Waals surface area contributed by atoms with Gasteiger partial charge in [0, 0.05) is 0 Å². The van der Waals surface area contributed by atoms with Gasteiger partial charge < -0.3 is 14.4 Å². The minimum Gasteiger partial charge on any atom is -0.459 e. The maximum absolute atomic E-state index is 11.5. The number of nitrogens with zero attached hydrogens (tertiary/aromatic N) is 1. The van der Waals surface area contributed by atoms with Gasteiger partial charge in [-0.2, -0.15) is 0 Å². The number of carbonyl (C=O) groups is 2. The quantitative estimate of drug-likeness (QED) is 0.408. The Kier molecular flexibility index (Phi) is 4.13. The first kappa shape index (κ1) is 13.5. The summed E-state index contributed by atoms with van der Waals surface area (Å²) >= 11 is 0. The molecule has 0 N–H and O–H groups in total. The van der Waals surface area contributed by atoms with Gasteiger partial charge in [-0.25, -0.2) is 0 Å². The fourth-order valence-corrected chi connectivity index (χ4v) is 1.42. The van der Waals surface area contributed by atoms with Gasteiger partial charge in [0.25, 0.3) is 0 Å². The van der Waals surface area contributed by atoms with Gasteiger partial charge in [-0.1, -0.05) is 5.92 Å². The molecule has 0 aromatic carbocycles. The molecule has 1 amide bonds. The summed E-state index contributed by atoms with van der Waals surface area (Å²) in [6.45, 7) is 5.35. The van der Waals surface area contributed by atoms with Crippen molar-refractivity contribution in [2.75, 3.05) is 13.2 Å². The second-order valence-corrected chi connectivity index (χ2v) is 4.78. The lowest BCUT2D eigenvalue weighted by Crippen LogP contribution is -2.56. The molecule has 1 rings (SSSR count). The third-order valence-electron chi connectivity index (χ3n) is 2.10. The summed E-state index contributed by atoms with van der Waals surface area (Å²) in [5.74, 6) is 1.75. The van der Waals surface area contributed by atoms with E-state index in [1.807, 2.05) is 0 Å². The molecule has 1 fully saturated rings. The van der Waals surface area contributed by atoms with Gasteiger partial charge in [0.05, 0.1) is 6.42 Å². The lowest BCUT2D eigenvalue weighted by Gasteiger charge is -2.39. The first-order chi connectivity index (χ1) is 7.83. The van der Waals surface area contributed by atoms with Crippen molar-refractivity contribution in [3.63, 3.8) is 0 Å². The minimum atomic E-state index is -0.555. The number of β-lactam (4-membered cyclic amide) rings is 1. The number of amides is 1. The normalized spacial score (nSPS) is 19.5. The molecule has 0 aromatic heterocycles. The zero-order valence-corrected chi connectivity index (χ0v) is 10.4. The summed E-state index contributed by atoms with van der Waals surface area (Å²) in [5.41, 5.74) is -0.555. The van der Waals surface area contributed by atoms with E-state index in [-0.39, 0.29) is 25.5 Å². The Balaban J connectivity index is 2.42. The standard InChI is InChI=1S/C12H17NO4/c1-5-6-16-10-7-9(14)13(10)8-11(15)17-12(2,3)4/h1,10H,6-8H2,2-4H3. The Morgan fingerprint density at radius 2 is 2.24 bits per heavy atom. The van der Waals surface area contributed by atoms with Crippen LogP contribution in [0.1, 0.15) is 27.2 Å². The molecule has 5 nitrogen and oxygen atoms in total. The second-order valence-electron chi connectivity index (χ2n) is 4.78. The van der Waals surface area contributed by atoms with E-state index >= 15 is 0 Å². The molecular weight excluding hydrogens is 222 g/mol. The van der Waals surface area contributed by atoms with Crippen LogP contribution in [0.3, 0.4) is 0 Å². The molecule has 1 saturated heterocycles. The van der Waals surface area contributed by atoms with Crippen molar-refractivity contribution in [2.24, 2.45) is 0 Å². The average molecular weight is 239 g/mol. The van der Waals surface area contributed by atoms with Gasteiger partial charge in [0.2, 0.25) is 5.91 Å². The highest BCUT2D eigenvalue weighted by Crippen LogP contribution is 2.20. The molecule has 1 atom stereocenters. The highest BCUT2D eigenvalue weighted by atomic mass is 16.6. The van der Waals surface area contributed by atoms with E-state index in [0.29, 0.717) is 0 Å². The topological polar surface area (TPSA) is 55.8 Å². The number of likely N-dealkylation sites (tertiary alicyclic amines) is 1. The molecule has 0 spiro atoms. The van der Waals surface area contributed by atoms with Crippen LogP contribution in [0.25, 0.3) is 0 Å². The maximum Gasteiger partial charge on any atom is 0.326 e. The predicted octanol–water partition coefficient (Wildman–Crippen LogP) is 0.536. The molecule has 1 aliphatic rings. The number of terminal acetylenes is 1. The molecule has 94 valence electrons. The molecule has 0 radical (unpaired) electrons. The van der Waals surface area contributed by atoms with Gasteiger partial charge in [-0.05, 0) is 20.8 Å². The van der Waals surface area contributed by atoms with Crippen LogP contribution in [0.4, 0.5) is 0 Å². The summed E-state index contributed by atoms with van der Waals surface area (Å²) in [5, 5.41) is 0. The molecule has 0 aliphatic carbocycles. The Bertz CT molecular complexity index is 350. The van der Waals surface area contributed by atoms with Crippen molar-refractivity contribution in [1.29, 1.82) is 0 Å². The van der Waals surface area contributed by atoms with Crippen LogP contribution in [0.15, 0.2) is 0 Å². The van der Waals surface area contributed by atoms with Gasteiger partial charge in [0.1, 0.15) is 25.0 Å².